The van der Waals surface area contributed by atoms with Crippen molar-refractivity contribution in [1.29, 1.82) is 0 Å². The third-order valence-corrected chi connectivity index (χ3v) is 7.25. The molecule has 1 amide bonds. The lowest BCUT2D eigenvalue weighted by molar-refractivity contribution is -0.150. The van der Waals surface area contributed by atoms with Crippen molar-refractivity contribution < 1.29 is 19.4 Å². The summed E-state index contributed by atoms with van der Waals surface area (Å²) in [6.07, 6.45) is 3.18. The number of morpholine rings is 1. The maximum atomic E-state index is 12.2. The zero-order valence-corrected chi connectivity index (χ0v) is 18.3. The molecule has 1 saturated carbocycles. The van der Waals surface area contributed by atoms with Crippen molar-refractivity contribution in [2.45, 2.75) is 37.3 Å². The van der Waals surface area contributed by atoms with Crippen LogP contribution in [0.5, 0.6) is 0 Å². The van der Waals surface area contributed by atoms with Crippen LogP contribution in [0.15, 0.2) is 36.4 Å². The summed E-state index contributed by atoms with van der Waals surface area (Å²) in [5.41, 5.74) is 3.16. The van der Waals surface area contributed by atoms with E-state index in [2.05, 4.69) is 9.88 Å². The number of nitrogens with zero attached hydrogens (tertiary/aromatic N) is 5. The lowest BCUT2D eigenvalue weighted by Gasteiger charge is -2.33. The molecule has 1 N–H and O–H groups in total. The molecule has 4 heterocycles. The van der Waals surface area contributed by atoms with E-state index in [-0.39, 0.29) is 30.4 Å². The van der Waals surface area contributed by atoms with Gasteiger partial charge in [-0.3, -0.25) is 4.79 Å². The topological polar surface area (TPSA) is 101 Å². The van der Waals surface area contributed by atoms with Crippen molar-refractivity contribution in [2.75, 3.05) is 31.6 Å². The van der Waals surface area contributed by atoms with Gasteiger partial charge in [-0.05, 0) is 31.0 Å². The van der Waals surface area contributed by atoms with Crippen LogP contribution >= 0.6 is 0 Å². The first-order chi connectivity index (χ1) is 16.0. The predicted octanol–water partition coefficient (Wildman–Crippen LogP) is 2.43. The van der Waals surface area contributed by atoms with Crippen LogP contribution in [0.25, 0.3) is 16.7 Å². The molecule has 2 aliphatic heterocycles. The first-order valence-electron chi connectivity index (χ1n) is 11.4. The fourth-order valence-corrected chi connectivity index (χ4v) is 5.15. The van der Waals surface area contributed by atoms with E-state index in [0.717, 1.165) is 41.7 Å². The molecule has 9 nitrogen and oxygen atoms in total. The van der Waals surface area contributed by atoms with Crippen LogP contribution in [-0.2, 0) is 9.53 Å². The van der Waals surface area contributed by atoms with E-state index in [1.807, 2.05) is 37.4 Å². The highest BCUT2D eigenvalue weighted by atomic mass is 16.5. The largest absolute Gasteiger partial charge is 0.477 e. The van der Waals surface area contributed by atoms with Gasteiger partial charge in [0.25, 0.3) is 0 Å². The quantitative estimate of drug-likeness (QED) is 0.656. The van der Waals surface area contributed by atoms with Crippen LogP contribution < -0.4 is 4.90 Å². The van der Waals surface area contributed by atoms with Crippen molar-refractivity contribution in [1.82, 2.24) is 19.7 Å². The Morgan fingerprint density at radius 2 is 1.97 bits per heavy atom. The Balaban J connectivity index is 1.55. The summed E-state index contributed by atoms with van der Waals surface area (Å²) in [7, 11) is 1.81. The summed E-state index contributed by atoms with van der Waals surface area (Å²) >= 11 is 0. The molecule has 3 fully saturated rings. The molecule has 33 heavy (non-hydrogen) atoms. The number of carboxylic acid groups (broad SMARTS) is 1. The molecule has 3 aromatic rings. The van der Waals surface area contributed by atoms with Gasteiger partial charge in [-0.15, -0.1) is 0 Å². The molecule has 3 aliphatic rings. The molecular weight excluding hydrogens is 422 g/mol. The van der Waals surface area contributed by atoms with Crippen LogP contribution in [0, 0.1) is 0 Å². The number of carbonyl (C=O) groups is 2. The van der Waals surface area contributed by atoms with Crippen molar-refractivity contribution in [2.24, 2.45) is 0 Å². The van der Waals surface area contributed by atoms with Crippen LogP contribution in [0.2, 0.25) is 0 Å². The van der Waals surface area contributed by atoms with Gasteiger partial charge in [-0.1, -0.05) is 24.6 Å². The Hall–Kier alpha value is -3.46. The highest BCUT2D eigenvalue weighted by Gasteiger charge is 2.43. The minimum absolute atomic E-state index is 0.0186. The number of aromatic carboxylic acids is 1. The second-order valence-corrected chi connectivity index (χ2v) is 9.12. The van der Waals surface area contributed by atoms with Crippen LogP contribution in [0.4, 0.5) is 5.69 Å². The van der Waals surface area contributed by atoms with Gasteiger partial charge in [-0.25, -0.2) is 14.5 Å². The highest BCUT2D eigenvalue weighted by Crippen LogP contribution is 2.43. The summed E-state index contributed by atoms with van der Waals surface area (Å²) in [5, 5.41) is 15.7. The number of likely N-dealkylation sites (N-methyl/N-ethyl adjacent to an activating group) is 1. The smallest absolute Gasteiger partial charge is 0.354 e. The summed E-state index contributed by atoms with van der Waals surface area (Å²) < 4.78 is 7.60. The van der Waals surface area contributed by atoms with Gasteiger partial charge in [0.05, 0.1) is 34.6 Å². The summed E-state index contributed by atoms with van der Waals surface area (Å²) in [4.78, 5) is 32.6. The number of carboxylic acids is 1. The van der Waals surface area contributed by atoms with E-state index in [9.17, 15) is 14.7 Å². The Morgan fingerprint density at radius 1 is 1.18 bits per heavy atom. The number of hydrogen-bond acceptors (Lipinski definition) is 6. The van der Waals surface area contributed by atoms with Crippen molar-refractivity contribution in [3.63, 3.8) is 0 Å². The Morgan fingerprint density at radius 3 is 2.67 bits per heavy atom. The first-order valence-corrected chi connectivity index (χ1v) is 11.4. The van der Waals surface area contributed by atoms with Gasteiger partial charge in [0.1, 0.15) is 6.61 Å². The number of rotatable bonds is 4. The summed E-state index contributed by atoms with van der Waals surface area (Å²) in [5.74, 6) is -0.778. The standard InChI is InChI=1S/C24H25N5O4/c1-27-18-11-28(12-19(18)33-13-20(27)30)17-10-16(24(31)32)25-23-21(17)22(14-6-5-7-14)26-29(23)15-8-3-2-4-9-15/h2-4,8-10,14,18-19H,5-7,11-13H2,1H3,(H,31,32)/t18-,19+/m0/s1. The predicted molar refractivity (Wildman–Crippen MR) is 121 cm³/mol. The third kappa shape index (κ3) is 3.18. The van der Waals surface area contributed by atoms with Gasteiger partial charge in [0, 0.05) is 26.1 Å². The number of amides is 1. The molecule has 1 aromatic carbocycles. The zero-order valence-electron chi connectivity index (χ0n) is 18.3. The van der Waals surface area contributed by atoms with E-state index in [4.69, 9.17) is 9.84 Å². The lowest BCUT2D eigenvalue weighted by Crippen LogP contribution is -2.51. The first kappa shape index (κ1) is 20.2. The Kier molecular flexibility index (Phi) is 4.62. The third-order valence-electron chi connectivity index (χ3n) is 7.25. The molecule has 2 atom stereocenters. The van der Waals surface area contributed by atoms with Gasteiger partial charge in [0.15, 0.2) is 11.3 Å². The van der Waals surface area contributed by atoms with Gasteiger partial charge >= 0.3 is 5.97 Å². The molecule has 0 radical (unpaired) electrons. The molecule has 0 bridgehead atoms. The molecule has 1 aliphatic carbocycles. The average Bonchev–Trinajstić information content (AvgIpc) is 3.38. The van der Waals surface area contributed by atoms with Crippen molar-refractivity contribution >= 4 is 28.6 Å². The van der Waals surface area contributed by atoms with Gasteiger partial charge in [0.2, 0.25) is 5.91 Å². The molecule has 0 unspecified atom stereocenters. The van der Waals surface area contributed by atoms with Gasteiger partial charge < -0.3 is 19.6 Å². The molecule has 2 saturated heterocycles. The number of benzene rings is 1. The number of fused-ring (bicyclic) bond motifs is 2. The molecule has 6 rings (SSSR count). The number of anilines is 1. The van der Waals surface area contributed by atoms with Crippen molar-refractivity contribution in [3.8, 4) is 5.69 Å². The van der Waals surface area contributed by atoms with E-state index >= 15 is 0 Å². The maximum Gasteiger partial charge on any atom is 0.354 e. The fraction of sp³-hybridized carbons (Fsp3) is 0.417. The number of ether oxygens (including phenoxy) is 1. The summed E-state index contributed by atoms with van der Waals surface area (Å²) in [6, 6.07) is 11.3. The SMILES string of the molecule is CN1C(=O)CO[C@@H]2CN(c3cc(C(=O)O)nc4c3c(C3CCC3)nn4-c3ccccc3)C[C@@H]21. The second kappa shape index (κ2) is 7.55. The summed E-state index contributed by atoms with van der Waals surface area (Å²) in [6.45, 7) is 1.24. The van der Waals surface area contributed by atoms with E-state index in [0.29, 0.717) is 24.7 Å². The second-order valence-electron chi connectivity index (χ2n) is 9.12. The average molecular weight is 447 g/mol. The molecule has 2 aromatic heterocycles. The number of pyridine rings is 1. The van der Waals surface area contributed by atoms with Crippen molar-refractivity contribution in [3.05, 3.63) is 47.8 Å². The van der Waals surface area contributed by atoms with Crippen LogP contribution in [0.3, 0.4) is 0 Å². The Labute approximate surface area is 190 Å². The van der Waals surface area contributed by atoms with Crippen LogP contribution in [-0.4, -0.2) is 75.5 Å². The molecule has 0 spiro atoms. The molecule has 9 heteroatoms. The minimum atomic E-state index is -1.08. The number of para-hydroxylation sites is 1. The molecule has 170 valence electrons. The fourth-order valence-electron chi connectivity index (χ4n) is 5.15. The number of hydrogen-bond donors (Lipinski definition) is 1. The highest BCUT2D eigenvalue weighted by molar-refractivity contribution is 5.98. The number of carbonyl (C=O) groups excluding carboxylic acids is 1. The maximum absolute atomic E-state index is 12.2. The number of aromatic nitrogens is 3. The van der Waals surface area contributed by atoms with Crippen LogP contribution in [0.1, 0.15) is 41.4 Å². The normalized spacial score (nSPS) is 23.1. The Bertz CT molecular complexity index is 1250. The monoisotopic (exact) mass is 447 g/mol. The van der Waals surface area contributed by atoms with E-state index in [1.165, 1.54) is 0 Å². The van der Waals surface area contributed by atoms with Gasteiger partial charge in [-0.2, -0.15) is 5.10 Å². The van der Waals surface area contributed by atoms with E-state index in [1.54, 1.807) is 15.6 Å². The zero-order chi connectivity index (χ0) is 22.7. The minimum Gasteiger partial charge on any atom is -0.477 e. The lowest BCUT2D eigenvalue weighted by atomic mass is 9.82. The molecular formula is C24H25N5O4. The van der Waals surface area contributed by atoms with E-state index < -0.39 is 5.97 Å².